The third-order valence-corrected chi connectivity index (χ3v) is 5.97. The second-order valence-electron chi connectivity index (χ2n) is 6.28. The maximum atomic E-state index is 12.8. The molecule has 0 bridgehead atoms. The molecule has 140 valence electrons. The number of nitrogens with zero attached hydrogens (tertiary/aromatic N) is 1. The number of carbonyl (C=O) groups is 1. The zero-order chi connectivity index (χ0) is 19.5. The Morgan fingerprint density at radius 1 is 1.08 bits per heavy atom. The number of sulfonamides is 1. The highest BCUT2D eigenvalue weighted by atomic mass is 32.2. The number of nitrogens with one attached hydrogen (secondary N) is 1. The van der Waals surface area contributed by atoms with Crippen LogP contribution in [0, 0.1) is 20.8 Å². The zero-order valence-corrected chi connectivity index (χ0v) is 16.5. The lowest BCUT2D eigenvalue weighted by Crippen LogP contribution is -2.35. The minimum absolute atomic E-state index is 0.209. The Balaban J connectivity index is 2.18. The fourth-order valence-corrected chi connectivity index (χ4v) is 3.98. The quantitative estimate of drug-likeness (QED) is 0.841. The summed E-state index contributed by atoms with van der Waals surface area (Å²) in [5.41, 5.74) is 2.95. The van der Waals surface area contributed by atoms with Gasteiger partial charge in [0.2, 0.25) is 15.9 Å². The van der Waals surface area contributed by atoms with E-state index in [1.165, 1.54) is 14.2 Å². The van der Waals surface area contributed by atoms with Gasteiger partial charge < -0.3 is 10.1 Å². The molecular formula is C19H24N2O4S. The maximum absolute atomic E-state index is 12.8. The number of ether oxygens (including phenoxy) is 1. The van der Waals surface area contributed by atoms with Gasteiger partial charge in [0.15, 0.2) is 0 Å². The van der Waals surface area contributed by atoms with Crippen LogP contribution in [-0.4, -0.2) is 39.3 Å². The Morgan fingerprint density at radius 3 is 2.35 bits per heavy atom. The fraction of sp³-hybridized carbons (Fsp3) is 0.316. The van der Waals surface area contributed by atoms with Crippen molar-refractivity contribution in [2.75, 3.05) is 26.0 Å². The standard InChI is InChI=1S/C19H24N2O4S/c1-13-7-9-17(25-5)16(10-13)20-19(22)12-21(4)26(23,24)18-11-14(2)6-8-15(18)3/h6-11H,12H2,1-5H3,(H,20,22). The summed E-state index contributed by atoms with van der Waals surface area (Å²) in [6.07, 6.45) is 0. The van der Waals surface area contributed by atoms with Crippen LogP contribution in [0.4, 0.5) is 5.69 Å². The second kappa shape index (κ2) is 7.88. The molecule has 0 atom stereocenters. The van der Waals surface area contributed by atoms with Crippen LogP contribution in [0.1, 0.15) is 16.7 Å². The van der Waals surface area contributed by atoms with Gasteiger partial charge in [0.05, 0.1) is 24.2 Å². The highest BCUT2D eigenvalue weighted by molar-refractivity contribution is 7.89. The van der Waals surface area contributed by atoms with Crippen molar-refractivity contribution in [2.45, 2.75) is 25.7 Å². The largest absolute Gasteiger partial charge is 0.495 e. The van der Waals surface area contributed by atoms with Gasteiger partial charge in [-0.15, -0.1) is 0 Å². The molecule has 0 unspecified atom stereocenters. The number of anilines is 1. The number of methoxy groups -OCH3 is 1. The summed E-state index contributed by atoms with van der Waals surface area (Å²) < 4.78 is 31.9. The van der Waals surface area contributed by atoms with Crippen molar-refractivity contribution in [3.63, 3.8) is 0 Å². The van der Waals surface area contributed by atoms with Gasteiger partial charge in [0.1, 0.15) is 5.75 Å². The van der Waals surface area contributed by atoms with Gasteiger partial charge in [-0.3, -0.25) is 4.79 Å². The van der Waals surface area contributed by atoms with E-state index >= 15 is 0 Å². The van der Waals surface area contributed by atoms with E-state index < -0.39 is 15.9 Å². The van der Waals surface area contributed by atoms with Crippen molar-refractivity contribution in [2.24, 2.45) is 0 Å². The molecule has 0 saturated carbocycles. The number of benzene rings is 2. The Morgan fingerprint density at radius 2 is 1.69 bits per heavy atom. The minimum Gasteiger partial charge on any atom is -0.495 e. The molecular weight excluding hydrogens is 352 g/mol. The molecule has 26 heavy (non-hydrogen) atoms. The summed E-state index contributed by atoms with van der Waals surface area (Å²) in [5.74, 6) is 0.0780. The molecule has 1 N–H and O–H groups in total. The van der Waals surface area contributed by atoms with Crippen molar-refractivity contribution in [1.29, 1.82) is 0 Å². The van der Waals surface area contributed by atoms with Gasteiger partial charge in [-0.1, -0.05) is 18.2 Å². The molecule has 2 aromatic rings. The summed E-state index contributed by atoms with van der Waals surface area (Å²) in [6, 6.07) is 10.6. The normalized spacial score (nSPS) is 11.5. The van der Waals surface area contributed by atoms with Crippen LogP contribution in [-0.2, 0) is 14.8 Å². The van der Waals surface area contributed by atoms with E-state index in [4.69, 9.17) is 4.74 Å². The van der Waals surface area contributed by atoms with Crippen molar-refractivity contribution in [3.8, 4) is 5.75 Å². The SMILES string of the molecule is COc1ccc(C)cc1NC(=O)CN(C)S(=O)(=O)c1cc(C)ccc1C. The van der Waals surface area contributed by atoms with E-state index in [2.05, 4.69) is 5.32 Å². The van der Waals surface area contributed by atoms with Crippen molar-refractivity contribution in [3.05, 3.63) is 53.1 Å². The van der Waals surface area contributed by atoms with Crippen LogP contribution >= 0.6 is 0 Å². The number of rotatable bonds is 6. The number of hydrogen-bond acceptors (Lipinski definition) is 4. The lowest BCUT2D eigenvalue weighted by molar-refractivity contribution is -0.116. The predicted molar refractivity (Wildman–Crippen MR) is 102 cm³/mol. The fourth-order valence-electron chi connectivity index (χ4n) is 2.55. The Labute approximate surface area is 154 Å². The summed E-state index contributed by atoms with van der Waals surface area (Å²) in [6.45, 7) is 5.16. The molecule has 6 nitrogen and oxygen atoms in total. The summed E-state index contributed by atoms with van der Waals surface area (Å²) in [4.78, 5) is 12.6. The third kappa shape index (κ3) is 4.42. The van der Waals surface area contributed by atoms with Crippen molar-refractivity contribution in [1.82, 2.24) is 4.31 Å². The number of aryl methyl sites for hydroxylation is 3. The number of likely N-dealkylation sites (N-methyl/N-ethyl adjacent to an activating group) is 1. The molecule has 0 spiro atoms. The Bertz CT molecular complexity index is 923. The molecule has 0 aliphatic heterocycles. The van der Waals surface area contributed by atoms with Crippen LogP contribution < -0.4 is 10.1 Å². The van der Waals surface area contributed by atoms with Crippen LogP contribution in [0.3, 0.4) is 0 Å². The molecule has 0 aliphatic carbocycles. The summed E-state index contributed by atoms with van der Waals surface area (Å²) in [5, 5.41) is 2.71. The van der Waals surface area contributed by atoms with Gasteiger partial charge in [0.25, 0.3) is 0 Å². The second-order valence-corrected chi connectivity index (χ2v) is 8.30. The topological polar surface area (TPSA) is 75.7 Å². The number of amides is 1. The molecule has 2 rings (SSSR count). The Kier molecular flexibility index (Phi) is 6.05. The van der Waals surface area contributed by atoms with E-state index in [0.717, 1.165) is 15.4 Å². The maximum Gasteiger partial charge on any atom is 0.243 e. The van der Waals surface area contributed by atoms with E-state index in [9.17, 15) is 13.2 Å². The minimum atomic E-state index is -3.76. The highest BCUT2D eigenvalue weighted by Crippen LogP contribution is 2.25. The average Bonchev–Trinajstić information content (AvgIpc) is 2.57. The van der Waals surface area contributed by atoms with Gasteiger partial charge in [0, 0.05) is 7.05 Å². The lowest BCUT2D eigenvalue weighted by atomic mass is 10.2. The average molecular weight is 376 g/mol. The molecule has 0 aliphatic rings. The number of carbonyl (C=O) groups excluding carboxylic acids is 1. The molecule has 0 heterocycles. The third-order valence-electron chi connectivity index (χ3n) is 4.03. The first-order valence-electron chi connectivity index (χ1n) is 8.13. The predicted octanol–water partition coefficient (Wildman–Crippen LogP) is 2.88. The van der Waals surface area contributed by atoms with Gasteiger partial charge >= 0.3 is 0 Å². The summed E-state index contributed by atoms with van der Waals surface area (Å²) in [7, 11) is -0.858. The van der Waals surface area contributed by atoms with E-state index in [-0.39, 0.29) is 11.4 Å². The van der Waals surface area contributed by atoms with Gasteiger partial charge in [-0.05, 0) is 55.7 Å². The van der Waals surface area contributed by atoms with Crippen LogP contribution in [0.5, 0.6) is 5.75 Å². The smallest absolute Gasteiger partial charge is 0.243 e. The monoisotopic (exact) mass is 376 g/mol. The first kappa shape index (κ1) is 19.9. The molecule has 0 aromatic heterocycles. The first-order chi connectivity index (χ1) is 12.1. The molecule has 0 fully saturated rings. The van der Waals surface area contributed by atoms with Crippen molar-refractivity contribution < 1.29 is 17.9 Å². The molecule has 0 radical (unpaired) electrons. The van der Waals surface area contributed by atoms with E-state index in [1.807, 2.05) is 26.0 Å². The molecule has 1 amide bonds. The zero-order valence-electron chi connectivity index (χ0n) is 15.7. The summed E-state index contributed by atoms with van der Waals surface area (Å²) >= 11 is 0. The van der Waals surface area contributed by atoms with Crippen LogP contribution in [0.15, 0.2) is 41.3 Å². The molecule has 0 saturated heterocycles. The van der Waals surface area contributed by atoms with Crippen LogP contribution in [0.2, 0.25) is 0 Å². The van der Waals surface area contributed by atoms with E-state index in [1.54, 1.807) is 31.2 Å². The molecule has 7 heteroatoms. The molecule has 2 aromatic carbocycles. The van der Waals surface area contributed by atoms with Gasteiger partial charge in [-0.2, -0.15) is 4.31 Å². The van der Waals surface area contributed by atoms with Gasteiger partial charge in [-0.25, -0.2) is 8.42 Å². The number of hydrogen-bond donors (Lipinski definition) is 1. The lowest BCUT2D eigenvalue weighted by Gasteiger charge is -2.19. The van der Waals surface area contributed by atoms with Crippen LogP contribution in [0.25, 0.3) is 0 Å². The van der Waals surface area contributed by atoms with Crippen molar-refractivity contribution >= 4 is 21.6 Å². The Hall–Kier alpha value is -2.38. The highest BCUT2D eigenvalue weighted by Gasteiger charge is 2.25. The van der Waals surface area contributed by atoms with E-state index in [0.29, 0.717) is 17.0 Å². The first-order valence-corrected chi connectivity index (χ1v) is 9.57.